The maximum Gasteiger partial charge on any atom is 0.251 e. The van der Waals surface area contributed by atoms with E-state index in [0.29, 0.717) is 12.1 Å². The first-order valence-corrected chi connectivity index (χ1v) is 7.12. The molecule has 1 aromatic carbocycles. The first-order chi connectivity index (χ1) is 10.6. The minimum atomic E-state index is -0.101. The van der Waals surface area contributed by atoms with E-state index in [-0.39, 0.29) is 5.91 Å². The summed E-state index contributed by atoms with van der Waals surface area (Å²) in [5.74, 6) is 0.712. The van der Waals surface area contributed by atoms with Gasteiger partial charge in [0.2, 0.25) is 0 Å². The van der Waals surface area contributed by atoms with Gasteiger partial charge in [0, 0.05) is 31.5 Å². The van der Waals surface area contributed by atoms with E-state index in [0.717, 1.165) is 17.0 Å². The van der Waals surface area contributed by atoms with Crippen molar-refractivity contribution in [2.45, 2.75) is 6.54 Å². The first-order valence-electron chi connectivity index (χ1n) is 7.12. The molecule has 2 heterocycles. The molecule has 0 fully saturated rings. The molecule has 0 atom stereocenters. The number of aromatic nitrogens is 2. The highest BCUT2D eigenvalue weighted by Crippen LogP contribution is 2.13. The lowest BCUT2D eigenvalue weighted by Crippen LogP contribution is -2.24. The summed E-state index contributed by atoms with van der Waals surface area (Å²) in [7, 11) is 3.90. The lowest BCUT2D eigenvalue weighted by Gasteiger charge is -2.13. The van der Waals surface area contributed by atoms with Gasteiger partial charge in [0.25, 0.3) is 5.91 Å². The second-order valence-electron chi connectivity index (χ2n) is 5.30. The summed E-state index contributed by atoms with van der Waals surface area (Å²) in [5.41, 5.74) is 2.66. The lowest BCUT2D eigenvalue weighted by molar-refractivity contribution is 0.0950. The number of nitrogens with zero attached hydrogens (tertiary/aromatic N) is 3. The van der Waals surface area contributed by atoms with Crippen LogP contribution in [0.3, 0.4) is 0 Å². The maximum absolute atomic E-state index is 12.3. The van der Waals surface area contributed by atoms with Gasteiger partial charge in [0.15, 0.2) is 0 Å². The third-order valence-corrected chi connectivity index (χ3v) is 3.55. The highest BCUT2D eigenvalue weighted by atomic mass is 16.1. The monoisotopic (exact) mass is 294 g/mol. The van der Waals surface area contributed by atoms with Crippen molar-refractivity contribution in [3.8, 4) is 0 Å². The molecule has 112 valence electrons. The quantitative estimate of drug-likeness (QED) is 0.803. The Morgan fingerprint density at radius 2 is 2.09 bits per heavy atom. The Hall–Kier alpha value is -2.82. The Morgan fingerprint density at radius 1 is 1.23 bits per heavy atom. The number of amides is 1. The van der Waals surface area contributed by atoms with Crippen LogP contribution < -0.4 is 10.2 Å². The number of carbonyl (C=O) groups excluding carboxylic acids is 1. The summed E-state index contributed by atoms with van der Waals surface area (Å²) in [6.07, 6.45) is 3.74. The average Bonchev–Trinajstić information content (AvgIpc) is 2.96. The summed E-state index contributed by atoms with van der Waals surface area (Å²) in [6, 6.07) is 13.4. The fraction of sp³-hybridized carbons (Fsp3) is 0.176. The molecule has 0 saturated heterocycles. The molecule has 0 saturated carbocycles. The van der Waals surface area contributed by atoms with E-state index in [4.69, 9.17) is 0 Å². The molecular formula is C17H18N4O. The summed E-state index contributed by atoms with van der Waals surface area (Å²) in [4.78, 5) is 18.6. The van der Waals surface area contributed by atoms with E-state index < -0.39 is 0 Å². The molecule has 1 N–H and O–H groups in total. The van der Waals surface area contributed by atoms with Crippen molar-refractivity contribution >= 4 is 17.1 Å². The number of nitrogens with one attached hydrogen (secondary N) is 1. The summed E-state index contributed by atoms with van der Waals surface area (Å²) < 4.78 is 1.97. The van der Waals surface area contributed by atoms with Crippen LogP contribution in [-0.2, 0) is 6.54 Å². The van der Waals surface area contributed by atoms with E-state index in [1.165, 1.54) is 0 Å². The van der Waals surface area contributed by atoms with Crippen molar-refractivity contribution in [2.24, 2.45) is 0 Å². The predicted octanol–water partition coefficient (Wildman–Crippen LogP) is 2.33. The van der Waals surface area contributed by atoms with Crippen LogP contribution in [0, 0.1) is 0 Å². The number of anilines is 1. The van der Waals surface area contributed by atoms with E-state index in [9.17, 15) is 4.79 Å². The van der Waals surface area contributed by atoms with Gasteiger partial charge in [-0.3, -0.25) is 4.79 Å². The maximum atomic E-state index is 12.3. The van der Waals surface area contributed by atoms with Gasteiger partial charge in [-0.15, -0.1) is 0 Å². The molecule has 0 aliphatic carbocycles. The molecule has 3 rings (SSSR count). The largest absolute Gasteiger partial charge is 0.378 e. The Bertz CT molecular complexity index is 807. The highest BCUT2D eigenvalue weighted by molar-refractivity contribution is 5.95. The van der Waals surface area contributed by atoms with E-state index >= 15 is 0 Å². The van der Waals surface area contributed by atoms with Crippen molar-refractivity contribution in [1.29, 1.82) is 0 Å². The van der Waals surface area contributed by atoms with Gasteiger partial charge < -0.3 is 14.6 Å². The summed E-state index contributed by atoms with van der Waals surface area (Å²) >= 11 is 0. The Balaban J connectivity index is 1.73. The van der Waals surface area contributed by atoms with E-state index in [1.54, 1.807) is 6.20 Å². The third-order valence-electron chi connectivity index (χ3n) is 3.55. The molecule has 1 amide bonds. The molecule has 0 unspecified atom stereocenters. The molecular weight excluding hydrogens is 276 g/mol. The zero-order chi connectivity index (χ0) is 15.5. The van der Waals surface area contributed by atoms with Crippen LogP contribution in [-0.4, -0.2) is 29.4 Å². The topological polar surface area (TPSA) is 49.6 Å². The van der Waals surface area contributed by atoms with E-state index in [2.05, 4.69) is 10.3 Å². The zero-order valence-electron chi connectivity index (χ0n) is 12.7. The summed E-state index contributed by atoms with van der Waals surface area (Å²) in [5, 5.41) is 2.92. The minimum absolute atomic E-state index is 0.101. The molecule has 22 heavy (non-hydrogen) atoms. The fourth-order valence-corrected chi connectivity index (χ4v) is 2.32. The molecule has 2 aromatic heterocycles. The van der Waals surface area contributed by atoms with Gasteiger partial charge >= 0.3 is 0 Å². The van der Waals surface area contributed by atoms with Crippen LogP contribution in [0.15, 0.2) is 54.9 Å². The second kappa shape index (κ2) is 5.89. The molecule has 0 aliphatic rings. The van der Waals surface area contributed by atoms with Crippen LogP contribution in [0.1, 0.15) is 16.2 Å². The average molecular weight is 294 g/mol. The van der Waals surface area contributed by atoms with Crippen LogP contribution in [0.4, 0.5) is 5.69 Å². The highest BCUT2D eigenvalue weighted by Gasteiger charge is 2.09. The number of rotatable bonds is 4. The third kappa shape index (κ3) is 2.79. The number of benzene rings is 1. The number of hydrogen-bond acceptors (Lipinski definition) is 3. The Kier molecular flexibility index (Phi) is 3.78. The van der Waals surface area contributed by atoms with Crippen LogP contribution in [0.25, 0.3) is 5.52 Å². The van der Waals surface area contributed by atoms with Gasteiger partial charge in [0.1, 0.15) is 5.82 Å². The van der Waals surface area contributed by atoms with Crippen molar-refractivity contribution < 1.29 is 4.79 Å². The number of carbonyl (C=O) groups is 1. The standard InChI is InChI=1S/C17H18N4O/c1-20(2)14-8-5-6-13(10-14)17(22)19-12-16-18-11-15-7-3-4-9-21(15)16/h3-11H,12H2,1-2H3,(H,19,22). The molecule has 0 bridgehead atoms. The smallest absolute Gasteiger partial charge is 0.251 e. The van der Waals surface area contributed by atoms with Gasteiger partial charge in [-0.05, 0) is 30.3 Å². The Labute approximate surface area is 129 Å². The molecule has 5 heteroatoms. The molecule has 0 radical (unpaired) electrons. The van der Waals surface area contributed by atoms with Gasteiger partial charge in [-0.1, -0.05) is 12.1 Å². The van der Waals surface area contributed by atoms with Gasteiger partial charge in [0.05, 0.1) is 18.3 Å². The van der Waals surface area contributed by atoms with Crippen LogP contribution >= 0.6 is 0 Å². The summed E-state index contributed by atoms with van der Waals surface area (Å²) in [6.45, 7) is 0.392. The molecule has 0 aliphatic heterocycles. The molecule has 3 aromatic rings. The Morgan fingerprint density at radius 3 is 2.91 bits per heavy atom. The first kappa shape index (κ1) is 14.1. The number of hydrogen-bond donors (Lipinski definition) is 1. The number of pyridine rings is 1. The van der Waals surface area contributed by atoms with Crippen LogP contribution in [0.5, 0.6) is 0 Å². The number of imidazole rings is 1. The van der Waals surface area contributed by atoms with Crippen molar-refractivity contribution in [2.75, 3.05) is 19.0 Å². The van der Waals surface area contributed by atoms with Gasteiger partial charge in [-0.2, -0.15) is 0 Å². The minimum Gasteiger partial charge on any atom is -0.378 e. The zero-order valence-corrected chi connectivity index (χ0v) is 12.7. The predicted molar refractivity (Wildman–Crippen MR) is 87.1 cm³/mol. The normalized spacial score (nSPS) is 10.6. The van der Waals surface area contributed by atoms with Crippen molar-refractivity contribution in [1.82, 2.24) is 14.7 Å². The van der Waals surface area contributed by atoms with Gasteiger partial charge in [-0.25, -0.2) is 4.98 Å². The number of fused-ring (bicyclic) bond motifs is 1. The SMILES string of the molecule is CN(C)c1cccc(C(=O)NCc2ncc3ccccn23)c1. The van der Waals surface area contributed by atoms with Crippen molar-refractivity contribution in [3.63, 3.8) is 0 Å². The van der Waals surface area contributed by atoms with Crippen LogP contribution in [0.2, 0.25) is 0 Å². The second-order valence-corrected chi connectivity index (χ2v) is 5.30. The van der Waals surface area contributed by atoms with Crippen molar-refractivity contribution in [3.05, 3.63) is 66.2 Å². The fourth-order valence-electron chi connectivity index (χ4n) is 2.32. The lowest BCUT2D eigenvalue weighted by atomic mass is 10.2. The molecule has 5 nitrogen and oxygen atoms in total. The van der Waals surface area contributed by atoms with E-state index in [1.807, 2.05) is 72.1 Å². The molecule has 0 spiro atoms.